The van der Waals surface area contributed by atoms with Gasteiger partial charge in [0.15, 0.2) is 0 Å². The van der Waals surface area contributed by atoms with Crippen LogP contribution in [0.4, 0.5) is 0 Å². The van der Waals surface area contributed by atoms with Crippen LogP contribution < -0.4 is 4.74 Å². The number of aryl methyl sites for hydroxylation is 1. The van der Waals surface area contributed by atoms with Crippen LogP contribution in [0.2, 0.25) is 0 Å². The molecular formula is C28H42N2O. The highest BCUT2D eigenvalue weighted by Gasteiger charge is 2.20. The summed E-state index contributed by atoms with van der Waals surface area (Å²) in [6.07, 6.45) is 17.2. The summed E-state index contributed by atoms with van der Waals surface area (Å²) in [4.78, 5) is 0. The first-order chi connectivity index (χ1) is 15.3. The van der Waals surface area contributed by atoms with Gasteiger partial charge in [0, 0.05) is 5.56 Å². The molecule has 0 atom stereocenters. The van der Waals surface area contributed by atoms with Crippen LogP contribution in [0.5, 0.6) is 5.75 Å². The van der Waals surface area contributed by atoms with Crippen LogP contribution in [0.25, 0.3) is 11.3 Å². The molecule has 1 heterocycles. The van der Waals surface area contributed by atoms with Gasteiger partial charge in [-0.05, 0) is 67.5 Å². The third-order valence-electron chi connectivity index (χ3n) is 6.88. The van der Waals surface area contributed by atoms with Crippen molar-refractivity contribution in [3.63, 3.8) is 0 Å². The molecule has 0 amide bonds. The lowest BCUT2D eigenvalue weighted by atomic mass is 9.78. The van der Waals surface area contributed by atoms with E-state index in [0.717, 1.165) is 54.0 Å². The molecule has 3 heteroatoms. The van der Waals surface area contributed by atoms with Crippen molar-refractivity contribution in [2.24, 2.45) is 11.8 Å². The van der Waals surface area contributed by atoms with Crippen molar-refractivity contribution in [3.05, 3.63) is 42.1 Å². The van der Waals surface area contributed by atoms with Crippen molar-refractivity contribution in [2.75, 3.05) is 6.61 Å². The predicted octanol–water partition coefficient (Wildman–Crippen LogP) is 8.03. The highest BCUT2D eigenvalue weighted by molar-refractivity contribution is 5.59. The van der Waals surface area contributed by atoms with Crippen LogP contribution in [0, 0.1) is 11.8 Å². The number of ether oxygens (including phenoxy) is 1. The Morgan fingerprint density at radius 1 is 0.742 bits per heavy atom. The molecule has 170 valence electrons. The maximum absolute atomic E-state index is 5.80. The first kappa shape index (κ1) is 23.8. The topological polar surface area (TPSA) is 35.0 Å². The molecule has 0 radical (unpaired) electrons. The maximum atomic E-state index is 5.80. The molecule has 3 nitrogen and oxygen atoms in total. The largest absolute Gasteiger partial charge is 0.494 e. The van der Waals surface area contributed by atoms with Crippen LogP contribution in [-0.4, -0.2) is 16.8 Å². The van der Waals surface area contributed by atoms with Gasteiger partial charge < -0.3 is 4.74 Å². The van der Waals surface area contributed by atoms with Gasteiger partial charge in [-0.2, -0.15) is 10.2 Å². The van der Waals surface area contributed by atoms with E-state index in [9.17, 15) is 0 Å². The van der Waals surface area contributed by atoms with Crippen LogP contribution in [0.3, 0.4) is 0 Å². The minimum absolute atomic E-state index is 0.794. The molecule has 0 aliphatic heterocycles. The van der Waals surface area contributed by atoms with E-state index in [1.54, 1.807) is 0 Å². The summed E-state index contributed by atoms with van der Waals surface area (Å²) < 4.78 is 5.80. The van der Waals surface area contributed by atoms with Crippen molar-refractivity contribution >= 4 is 0 Å². The average Bonchev–Trinajstić information content (AvgIpc) is 2.82. The van der Waals surface area contributed by atoms with Crippen molar-refractivity contribution < 1.29 is 4.74 Å². The highest BCUT2D eigenvalue weighted by atomic mass is 16.5. The van der Waals surface area contributed by atoms with Crippen LogP contribution in [0.15, 0.2) is 36.4 Å². The zero-order valence-electron chi connectivity index (χ0n) is 19.8. The Labute approximate surface area is 190 Å². The second-order valence-electron chi connectivity index (χ2n) is 9.41. The Hall–Kier alpha value is -1.90. The van der Waals surface area contributed by atoms with E-state index in [0.29, 0.717) is 0 Å². The molecule has 0 spiro atoms. The average molecular weight is 423 g/mol. The molecule has 2 aromatic rings. The monoisotopic (exact) mass is 422 g/mol. The lowest BCUT2D eigenvalue weighted by molar-refractivity contribution is 0.248. The van der Waals surface area contributed by atoms with E-state index in [-0.39, 0.29) is 0 Å². The number of hydrogen-bond donors (Lipinski definition) is 0. The standard InChI is InChI=1S/C28H42N2O/c1-3-5-7-9-23-10-12-24(13-11-23)14-17-26-18-21-28(30-29-26)25-15-19-27(20-16-25)31-22-8-6-4-2/h15-16,18-21,23-24H,3-14,17,22H2,1-2H3. The molecule has 1 aliphatic carbocycles. The van der Waals surface area contributed by atoms with Gasteiger partial charge in [0.1, 0.15) is 5.75 Å². The molecule has 1 fully saturated rings. The van der Waals surface area contributed by atoms with Gasteiger partial charge >= 0.3 is 0 Å². The first-order valence-electron chi connectivity index (χ1n) is 12.8. The summed E-state index contributed by atoms with van der Waals surface area (Å²) in [6.45, 7) is 5.30. The van der Waals surface area contributed by atoms with E-state index < -0.39 is 0 Å². The van der Waals surface area contributed by atoms with Gasteiger partial charge in [-0.3, -0.25) is 0 Å². The van der Waals surface area contributed by atoms with Gasteiger partial charge in [0.05, 0.1) is 18.0 Å². The minimum atomic E-state index is 0.794. The fraction of sp³-hybridized carbons (Fsp3) is 0.643. The molecule has 3 rings (SSSR count). The minimum Gasteiger partial charge on any atom is -0.494 e. The second kappa shape index (κ2) is 13.5. The summed E-state index contributed by atoms with van der Waals surface area (Å²) >= 11 is 0. The number of nitrogens with zero attached hydrogens (tertiary/aromatic N) is 2. The zero-order valence-corrected chi connectivity index (χ0v) is 19.8. The molecule has 1 aromatic heterocycles. The molecule has 1 saturated carbocycles. The van der Waals surface area contributed by atoms with Gasteiger partial charge in [0.25, 0.3) is 0 Å². The molecule has 0 unspecified atom stereocenters. The SMILES string of the molecule is CCCCCOc1ccc(-c2ccc(CCC3CCC(CCCCC)CC3)nn2)cc1. The fourth-order valence-electron chi connectivity index (χ4n) is 4.76. The smallest absolute Gasteiger partial charge is 0.119 e. The van der Waals surface area contributed by atoms with E-state index in [1.165, 1.54) is 70.6 Å². The van der Waals surface area contributed by atoms with Crippen molar-refractivity contribution in [1.82, 2.24) is 10.2 Å². The van der Waals surface area contributed by atoms with Gasteiger partial charge in [-0.25, -0.2) is 0 Å². The Kier molecular flexibility index (Phi) is 10.3. The van der Waals surface area contributed by atoms with Crippen molar-refractivity contribution in [2.45, 2.75) is 97.3 Å². The Morgan fingerprint density at radius 2 is 1.42 bits per heavy atom. The van der Waals surface area contributed by atoms with Gasteiger partial charge in [-0.1, -0.05) is 78.1 Å². The molecule has 1 aromatic carbocycles. The van der Waals surface area contributed by atoms with Crippen LogP contribution >= 0.6 is 0 Å². The third-order valence-corrected chi connectivity index (χ3v) is 6.88. The van der Waals surface area contributed by atoms with Crippen LogP contribution in [0.1, 0.15) is 96.6 Å². The lowest BCUT2D eigenvalue weighted by Crippen LogP contribution is -2.15. The highest BCUT2D eigenvalue weighted by Crippen LogP contribution is 2.34. The van der Waals surface area contributed by atoms with E-state index in [2.05, 4.69) is 48.3 Å². The number of unbranched alkanes of at least 4 members (excludes halogenated alkanes) is 4. The molecular weight excluding hydrogens is 380 g/mol. The first-order valence-corrected chi connectivity index (χ1v) is 12.8. The number of rotatable bonds is 13. The molecule has 0 N–H and O–H groups in total. The zero-order chi connectivity index (χ0) is 21.7. The van der Waals surface area contributed by atoms with Crippen molar-refractivity contribution in [1.29, 1.82) is 0 Å². The summed E-state index contributed by atoms with van der Waals surface area (Å²) in [6, 6.07) is 12.5. The summed E-state index contributed by atoms with van der Waals surface area (Å²) in [5.41, 5.74) is 3.17. The lowest BCUT2D eigenvalue weighted by Gasteiger charge is -2.28. The second-order valence-corrected chi connectivity index (χ2v) is 9.41. The Bertz CT molecular complexity index is 718. The quantitative estimate of drug-likeness (QED) is 0.306. The van der Waals surface area contributed by atoms with E-state index in [4.69, 9.17) is 4.74 Å². The number of benzene rings is 1. The molecule has 0 bridgehead atoms. The summed E-state index contributed by atoms with van der Waals surface area (Å²) in [5, 5.41) is 9.01. The summed E-state index contributed by atoms with van der Waals surface area (Å²) in [7, 11) is 0. The number of aromatic nitrogens is 2. The predicted molar refractivity (Wildman–Crippen MR) is 130 cm³/mol. The maximum Gasteiger partial charge on any atom is 0.119 e. The van der Waals surface area contributed by atoms with Crippen molar-refractivity contribution in [3.8, 4) is 17.0 Å². The Morgan fingerprint density at radius 3 is 2.06 bits per heavy atom. The van der Waals surface area contributed by atoms with Crippen LogP contribution in [-0.2, 0) is 6.42 Å². The summed E-state index contributed by atoms with van der Waals surface area (Å²) in [5.74, 6) is 2.81. The van der Waals surface area contributed by atoms with Gasteiger partial charge in [0.2, 0.25) is 0 Å². The van der Waals surface area contributed by atoms with E-state index >= 15 is 0 Å². The van der Waals surface area contributed by atoms with Gasteiger partial charge in [-0.15, -0.1) is 0 Å². The molecule has 1 aliphatic rings. The Balaban J connectivity index is 1.39. The van der Waals surface area contributed by atoms with E-state index in [1.807, 2.05) is 12.1 Å². The fourth-order valence-corrected chi connectivity index (χ4v) is 4.76. The molecule has 0 saturated heterocycles. The third kappa shape index (κ3) is 8.27. The normalized spacial score (nSPS) is 18.8. The molecule has 31 heavy (non-hydrogen) atoms. The number of hydrogen-bond acceptors (Lipinski definition) is 3.